The van der Waals surface area contributed by atoms with Crippen molar-refractivity contribution in [3.05, 3.63) is 23.8 Å². The van der Waals surface area contributed by atoms with Crippen molar-refractivity contribution in [3.8, 4) is 0 Å². The van der Waals surface area contributed by atoms with Crippen LogP contribution >= 0.6 is 0 Å². The highest BCUT2D eigenvalue weighted by Crippen LogP contribution is 2.20. The van der Waals surface area contributed by atoms with Gasteiger partial charge in [0, 0.05) is 25.9 Å². The maximum Gasteiger partial charge on any atom is 0.337 e. The zero-order chi connectivity index (χ0) is 15.2. The number of sulfonamides is 1. The number of benzene rings is 1. The van der Waals surface area contributed by atoms with Crippen LogP contribution in [-0.4, -0.2) is 46.8 Å². The summed E-state index contributed by atoms with van der Waals surface area (Å²) >= 11 is 0. The van der Waals surface area contributed by atoms with Gasteiger partial charge in [0.25, 0.3) is 0 Å². The van der Waals surface area contributed by atoms with Crippen molar-refractivity contribution in [2.24, 2.45) is 0 Å². The molecule has 0 aromatic heterocycles. The third-order valence-electron chi connectivity index (χ3n) is 2.64. The molecule has 1 rings (SSSR count). The number of aromatic carboxylic acids is 1. The largest absolute Gasteiger partial charge is 0.478 e. The van der Waals surface area contributed by atoms with Gasteiger partial charge in [0.05, 0.1) is 10.5 Å². The Morgan fingerprint density at radius 2 is 2.10 bits per heavy atom. The second-order valence-electron chi connectivity index (χ2n) is 3.99. The van der Waals surface area contributed by atoms with Crippen LogP contribution < -0.4 is 10.0 Å². The zero-order valence-corrected chi connectivity index (χ0v) is 12.2. The van der Waals surface area contributed by atoms with E-state index in [0.29, 0.717) is 25.3 Å². The van der Waals surface area contributed by atoms with Crippen molar-refractivity contribution in [1.29, 1.82) is 0 Å². The highest BCUT2D eigenvalue weighted by molar-refractivity contribution is 7.89. The first kappa shape index (κ1) is 16.4. The van der Waals surface area contributed by atoms with E-state index in [1.165, 1.54) is 19.2 Å². The highest BCUT2D eigenvalue weighted by atomic mass is 32.2. The van der Waals surface area contributed by atoms with Gasteiger partial charge >= 0.3 is 5.97 Å². The molecular formula is C12H18N2O5S. The summed E-state index contributed by atoms with van der Waals surface area (Å²) in [5, 5.41) is 12.1. The number of hydrogen-bond acceptors (Lipinski definition) is 5. The SMILES string of the molecule is CNS(=O)(=O)c1ccc(NCCCOC)c(C(=O)O)c1. The second-order valence-corrected chi connectivity index (χ2v) is 5.88. The summed E-state index contributed by atoms with van der Waals surface area (Å²) < 4.78 is 30.3. The molecule has 8 heteroatoms. The molecule has 0 fully saturated rings. The average molecular weight is 302 g/mol. The summed E-state index contributed by atoms with van der Waals surface area (Å²) in [4.78, 5) is 11.1. The monoisotopic (exact) mass is 302 g/mol. The minimum Gasteiger partial charge on any atom is -0.478 e. The molecule has 7 nitrogen and oxygen atoms in total. The molecule has 0 amide bonds. The Morgan fingerprint density at radius 1 is 1.40 bits per heavy atom. The van der Waals surface area contributed by atoms with Crippen LogP contribution in [0.15, 0.2) is 23.1 Å². The van der Waals surface area contributed by atoms with Gasteiger partial charge in [-0.25, -0.2) is 17.9 Å². The van der Waals surface area contributed by atoms with Crippen LogP contribution in [0.25, 0.3) is 0 Å². The maximum atomic E-state index is 11.6. The summed E-state index contributed by atoms with van der Waals surface area (Å²) in [5.74, 6) is -1.19. The van der Waals surface area contributed by atoms with E-state index >= 15 is 0 Å². The Morgan fingerprint density at radius 3 is 2.65 bits per heavy atom. The zero-order valence-electron chi connectivity index (χ0n) is 11.3. The second kappa shape index (κ2) is 7.22. The van der Waals surface area contributed by atoms with Crippen LogP contribution in [0.4, 0.5) is 5.69 Å². The first-order valence-corrected chi connectivity index (χ1v) is 7.44. The molecule has 0 saturated carbocycles. The summed E-state index contributed by atoms with van der Waals surface area (Å²) in [6, 6.07) is 3.93. The third-order valence-corrected chi connectivity index (χ3v) is 4.05. The third kappa shape index (κ3) is 4.19. The van der Waals surface area contributed by atoms with Gasteiger partial charge < -0.3 is 15.2 Å². The molecule has 0 aliphatic heterocycles. The van der Waals surface area contributed by atoms with Crippen LogP contribution in [0.2, 0.25) is 0 Å². The van der Waals surface area contributed by atoms with E-state index in [4.69, 9.17) is 9.84 Å². The maximum absolute atomic E-state index is 11.6. The number of rotatable bonds is 8. The predicted octanol–water partition coefficient (Wildman–Crippen LogP) is 0.741. The number of nitrogens with one attached hydrogen (secondary N) is 2. The van der Waals surface area contributed by atoms with Gasteiger partial charge in [-0.2, -0.15) is 0 Å². The molecule has 0 spiro atoms. The summed E-state index contributed by atoms with van der Waals surface area (Å²) in [6.45, 7) is 1.09. The van der Waals surface area contributed by atoms with Gasteiger partial charge in [0.1, 0.15) is 0 Å². The quantitative estimate of drug-likeness (QED) is 0.612. The van der Waals surface area contributed by atoms with Crippen LogP contribution in [0, 0.1) is 0 Å². The molecule has 0 unspecified atom stereocenters. The predicted molar refractivity (Wildman–Crippen MR) is 74.6 cm³/mol. The molecule has 0 aliphatic rings. The fourth-order valence-electron chi connectivity index (χ4n) is 1.58. The smallest absolute Gasteiger partial charge is 0.337 e. The van der Waals surface area contributed by atoms with Gasteiger partial charge in [0.2, 0.25) is 10.0 Å². The molecule has 20 heavy (non-hydrogen) atoms. The number of carboxylic acid groups (broad SMARTS) is 1. The van der Waals surface area contributed by atoms with Gasteiger partial charge in [-0.05, 0) is 31.7 Å². The summed E-state index contributed by atoms with van der Waals surface area (Å²) in [7, 11) is -0.807. The first-order valence-electron chi connectivity index (χ1n) is 5.96. The van der Waals surface area contributed by atoms with Crippen LogP contribution in [0.5, 0.6) is 0 Å². The van der Waals surface area contributed by atoms with E-state index in [2.05, 4.69) is 10.0 Å². The lowest BCUT2D eigenvalue weighted by Crippen LogP contribution is -2.19. The van der Waals surface area contributed by atoms with E-state index in [0.717, 1.165) is 6.07 Å². The minimum absolute atomic E-state index is 0.0835. The topological polar surface area (TPSA) is 105 Å². The molecular weight excluding hydrogens is 284 g/mol. The van der Waals surface area contributed by atoms with Gasteiger partial charge in [-0.3, -0.25) is 0 Å². The standard InChI is InChI=1S/C12H18N2O5S/c1-13-20(17,18)9-4-5-11(10(8-9)12(15)16)14-6-3-7-19-2/h4-5,8,13-14H,3,6-7H2,1-2H3,(H,15,16). The highest BCUT2D eigenvalue weighted by Gasteiger charge is 2.17. The molecule has 0 radical (unpaired) electrons. The first-order chi connectivity index (χ1) is 9.42. The van der Waals surface area contributed by atoms with Crippen LogP contribution in [-0.2, 0) is 14.8 Å². The number of methoxy groups -OCH3 is 1. The molecule has 0 aliphatic carbocycles. The number of hydrogen-bond donors (Lipinski definition) is 3. The van der Waals surface area contributed by atoms with Crippen molar-refractivity contribution in [3.63, 3.8) is 0 Å². The van der Waals surface area contributed by atoms with Crippen molar-refractivity contribution < 1.29 is 23.1 Å². The van der Waals surface area contributed by atoms with Crippen LogP contribution in [0.1, 0.15) is 16.8 Å². The molecule has 112 valence electrons. The number of carboxylic acids is 1. The molecule has 0 heterocycles. The Kier molecular flexibility index (Phi) is 5.93. The van der Waals surface area contributed by atoms with Gasteiger partial charge in [-0.15, -0.1) is 0 Å². The van der Waals surface area contributed by atoms with E-state index in [9.17, 15) is 13.2 Å². The van der Waals surface area contributed by atoms with E-state index in [1.807, 2.05) is 0 Å². The van der Waals surface area contributed by atoms with Crippen molar-refractivity contribution in [2.75, 3.05) is 32.6 Å². The van der Waals surface area contributed by atoms with Gasteiger partial charge in [0.15, 0.2) is 0 Å². The molecule has 1 aromatic carbocycles. The number of ether oxygens (including phenoxy) is 1. The minimum atomic E-state index is -3.66. The Balaban J connectivity index is 3.00. The molecule has 0 saturated heterocycles. The molecule has 1 aromatic rings. The summed E-state index contributed by atoms with van der Waals surface area (Å²) in [5.41, 5.74) is 0.294. The lowest BCUT2D eigenvalue weighted by Gasteiger charge is -2.11. The van der Waals surface area contributed by atoms with E-state index < -0.39 is 16.0 Å². The van der Waals surface area contributed by atoms with E-state index in [1.54, 1.807) is 7.11 Å². The summed E-state index contributed by atoms with van der Waals surface area (Å²) in [6.07, 6.45) is 0.714. The Bertz CT molecular complexity index is 571. The van der Waals surface area contributed by atoms with E-state index in [-0.39, 0.29) is 10.5 Å². The van der Waals surface area contributed by atoms with Crippen LogP contribution in [0.3, 0.4) is 0 Å². The van der Waals surface area contributed by atoms with Crippen molar-refractivity contribution in [1.82, 2.24) is 4.72 Å². The molecule has 0 atom stereocenters. The van der Waals surface area contributed by atoms with Crippen molar-refractivity contribution >= 4 is 21.7 Å². The lowest BCUT2D eigenvalue weighted by molar-refractivity contribution is 0.0697. The molecule has 0 bridgehead atoms. The Labute approximate surface area is 118 Å². The van der Waals surface area contributed by atoms with Gasteiger partial charge in [-0.1, -0.05) is 0 Å². The lowest BCUT2D eigenvalue weighted by atomic mass is 10.2. The number of anilines is 1. The molecule has 3 N–H and O–H groups in total. The average Bonchev–Trinajstić information content (AvgIpc) is 2.43. The fraction of sp³-hybridized carbons (Fsp3) is 0.417. The van der Waals surface area contributed by atoms with Crippen molar-refractivity contribution in [2.45, 2.75) is 11.3 Å². The number of carbonyl (C=O) groups is 1. The fourth-order valence-corrected chi connectivity index (χ4v) is 2.33. The normalized spacial score (nSPS) is 11.3. The Hall–Kier alpha value is -1.64.